The molecule has 82 valence electrons. The molecule has 0 amide bonds. The van der Waals surface area contributed by atoms with E-state index in [9.17, 15) is 0 Å². The van der Waals surface area contributed by atoms with Crippen LogP contribution in [-0.2, 0) is 0 Å². The molecule has 1 heterocycles. The summed E-state index contributed by atoms with van der Waals surface area (Å²) in [6, 6.07) is 4.03. The van der Waals surface area contributed by atoms with Crippen molar-refractivity contribution in [2.75, 3.05) is 0 Å². The Labute approximate surface area is 95.6 Å². The van der Waals surface area contributed by atoms with Crippen LogP contribution in [0.3, 0.4) is 0 Å². The summed E-state index contributed by atoms with van der Waals surface area (Å²) in [5.74, 6) is 0.672. The zero-order chi connectivity index (χ0) is 11.4. The topological polar surface area (TPSA) is 37.6 Å². The van der Waals surface area contributed by atoms with Crippen molar-refractivity contribution in [1.82, 2.24) is 4.98 Å². The summed E-state index contributed by atoms with van der Waals surface area (Å²) in [7, 11) is 0. The van der Waals surface area contributed by atoms with E-state index in [1.54, 1.807) is 6.20 Å². The van der Waals surface area contributed by atoms with Crippen molar-refractivity contribution in [2.45, 2.75) is 26.3 Å². The molecule has 1 aromatic heterocycles. The van der Waals surface area contributed by atoms with Crippen molar-refractivity contribution in [2.24, 2.45) is 10.2 Å². The van der Waals surface area contributed by atoms with E-state index in [1.807, 2.05) is 19.1 Å². The van der Waals surface area contributed by atoms with Gasteiger partial charge in [-0.2, -0.15) is 5.11 Å². The molecular formula is C13H15N3. The summed E-state index contributed by atoms with van der Waals surface area (Å²) in [6.45, 7) is 4.09. The first-order valence-electron chi connectivity index (χ1n) is 5.42. The fourth-order valence-corrected chi connectivity index (χ4v) is 1.45. The standard InChI is InChI=1S/C13H15N3/c1-10-3-6-12(7-4-10)15-16-13-8-5-11(2)9-14-13/h3-6,8-9,12H,7H2,1-2H3. The molecule has 1 aliphatic carbocycles. The zero-order valence-electron chi connectivity index (χ0n) is 9.59. The maximum atomic E-state index is 4.25. The average Bonchev–Trinajstić information content (AvgIpc) is 2.30. The number of azo groups is 1. The number of rotatable bonds is 2. The first-order chi connectivity index (χ1) is 7.74. The van der Waals surface area contributed by atoms with E-state index in [4.69, 9.17) is 0 Å². The number of aryl methyl sites for hydroxylation is 1. The Hall–Kier alpha value is -1.77. The van der Waals surface area contributed by atoms with Crippen LogP contribution < -0.4 is 0 Å². The molecule has 0 saturated heterocycles. The van der Waals surface area contributed by atoms with E-state index in [1.165, 1.54) is 5.57 Å². The minimum atomic E-state index is 0.159. The number of nitrogens with zero attached hydrogens (tertiary/aromatic N) is 3. The highest BCUT2D eigenvalue weighted by Gasteiger charge is 2.04. The van der Waals surface area contributed by atoms with Crippen molar-refractivity contribution in [1.29, 1.82) is 0 Å². The quantitative estimate of drug-likeness (QED) is 0.689. The van der Waals surface area contributed by atoms with Crippen LogP contribution in [0.15, 0.2) is 52.4 Å². The Balaban J connectivity index is 2.00. The molecule has 0 bridgehead atoms. The average molecular weight is 213 g/mol. The van der Waals surface area contributed by atoms with Crippen LogP contribution in [0.4, 0.5) is 5.82 Å². The second-order valence-corrected chi connectivity index (χ2v) is 4.02. The van der Waals surface area contributed by atoms with Gasteiger partial charge in [-0.15, -0.1) is 5.11 Å². The molecule has 0 radical (unpaired) electrons. The lowest BCUT2D eigenvalue weighted by atomic mass is 10.1. The predicted molar refractivity (Wildman–Crippen MR) is 64.8 cm³/mol. The minimum Gasteiger partial charge on any atom is -0.235 e. The highest BCUT2D eigenvalue weighted by molar-refractivity contribution is 5.28. The lowest BCUT2D eigenvalue weighted by molar-refractivity contribution is 0.767. The van der Waals surface area contributed by atoms with Gasteiger partial charge in [-0.1, -0.05) is 29.9 Å². The van der Waals surface area contributed by atoms with Gasteiger partial charge in [-0.05, 0) is 31.9 Å². The van der Waals surface area contributed by atoms with Gasteiger partial charge in [0.15, 0.2) is 5.82 Å². The summed E-state index contributed by atoms with van der Waals surface area (Å²) < 4.78 is 0. The molecule has 0 fully saturated rings. The monoisotopic (exact) mass is 213 g/mol. The maximum Gasteiger partial charge on any atom is 0.173 e. The van der Waals surface area contributed by atoms with Crippen molar-refractivity contribution in [3.63, 3.8) is 0 Å². The largest absolute Gasteiger partial charge is 0.235 e. The summed E-state index contributed by atoms with van der Waals surface area (Å²) in [5, 5.41) is 8.38. The first-order valence-corrected chi connectivity index (χ1v) is 5.42. The molecule has 0 aromatic carbocycles. The highest BCUT2D eigenvalue weighted by Crippen LogP contribution is 2.15. The molecular weight excluding hydrogens is 198 g/mol. The van der Waals surface area contributed by atoms with E-state index >= 15 is 0 Å². The van der Waals surface area contributed by atoms with Crippen molar-refractivity contribution >= 4 is 5.82 Å². The van der Waals surface area contributed by atoms with Gasteiger partial charge in [0.05, 0.1) is 6.04 Å². The number of aromatic nitrogens is 1. The van der Waals surface area contributed by atoms with E-state index in [0.29, 0.717) is 5.82 Å². The molecule has 0 saturated carbocycles. The normalized spacial score (nSPS) is 20.1. The third-order valence-electron chi connectivity index (χ3n) is 2.47. The molecule has 16 heavy (non-hydrogen) atoms. The molecule has 1 aliphatic rings. The van der Waals surface area contributed by atoms with Gasteiger partial charge in [0.1, 0.15) is 0 Å². The first kappa shape index (κ1) is 10.7. The van der Waals surface area contributed by atoms with E-state index < -0.39 is 0 Å². The lowest BCUT2D eigenvalue weighted by Gasteiger charge is -2.07. The lowest BCUT2D eigenvalue weighted by Crippen LogP contribution is -2.00. The fraction of sp³-hybridized carbons (Fsp3) is 0.308. The summed E-state index contributed by atoms with van der Waals surface area (Å²) in [6.07, 6.45) is 9.06. The Kier molecular flexibility index (Phi) is 3.25. The van der Waals surface area contributed by atoms with Gasteiger partial charge in [0.2, 0.25) is 0 Å². The summed E-state index contributed by atoms with van der Waals surface area (Å²) >= 11 is 0. The number of pyridine rings is 1. The van der Waals surface area contributed by atoms with Gasteiger partial charge in [-0.25, -0.2) is 4.98 Å². The maximum absolute atomic E-state index is 4.25. The number of allylic oxidation sites excluding steroid dienone is 2. The second kappa shape index (κ2) is 4.84. The molecule has 0 spiro atoms. The number of hydrogen-bond acceptors (Lipinski definition) is 3. The third kappa shape index (κ3) is 2.86. The molecule has 3 nitrogen and oxygen atoms in total. The Morgan fingerprint density at radius 3 is 2.81 bits per heavy atom. The smallest absolute Gasteiger partial charge is 0.173 e. The highest BCUT2D eigenvalue weighted by atomic mass is 15.2. The fourth-order valence-electron chi connectivity index (χ4n) is 1.45. The zero-order valence-corrected chi connectivity index (χ0v) is 9.59. The van der Waals surface area contributed by atoms with Gasteiger partial charge < -0.3 is 0 Å². The van der Waals surface area contributed by atoms with Gasteiger partial charge >= 0.3 is 0 Å². The van der Waals surface area contributed by atoms with Gasteiger partial charge in [-0.3, -0.25) is 0 Å². The molecule has 1 unspecified atom stereocenters. The van der Waals surface area contributed by atoms with Crippen LogP contribution in [0.5, 0.6) is 0 Å². The Morgan fingerprint density at radius 2 is 2.19 bits per heavy atom. The van der Waals surface area contributed by atoms with Gasteiger partial charge in [0.25, 0.3) is 0 Å². The Morgan fingerprint density at radius 1 is 1.31 bits per heavy atom. The molecule has 1 atom stereocenters. The van der Waals surface area contributed by atoms with E-state index in [0.717, 1.165) is 12.0 Å². The molecule has 2 rings (SSSR count). The summed E-state index contributed by atoms with van der Waals surface area (Å²) in [4.78, 5) is 4.18. The van der Waals surface area contributed by atoms with Crippen LogP contribution in [0.1, 0.15) is 18.9 Å². The molecule has 0 aliphatic heterocycles. The molecule has 1 aromatic rings. The summed E-state index contributed by atoms with van der Waals surface area (Å²) in [5.41, 5.74) is 2.43. The number of hydrogen-bond donors (Lipinski definition) is 0. The van der Waals surface area contributed by atoms with Crippen molar-refractivity contribution in [3.8, 4) is 0 Å². The van der Waals surface area contributed by atoms with Crippen molar-refractivity contribution in [3.05, 3.63) is 47.7 Å². The predicted octanol–water partition coefficient (Wildman–Crippen LogP) is 3.75. The van der Waals surface area contributed by atoms with Crippen LogP contribution in [0.25, 0.3) is 0 Å². The Bertz CT molecular complexity index is 441. The van der Waals surface area contributed by atoms with Crippen LogP contribution in [0.2, 0.25) is 0 Å². The second-order valence-electron chi connectivity index (χ2n) is 4.02. The molecule has 3 heteroatoms. The minimum absolute atomic E-state index is 0.159. The van der Waals surface area contributed by atoms with Gasteiger partial charge in [0, 0.05) is 6.20 Å². The SMILES string of the molecule is CC1=CCC(N=Nc2ccc(C)cn2)C=C1. The van der Waals surface area contributed by atoms with Crippen LogP contribution in [0, 0.1) is 6.92 Å². The van der Waals surface area contributed by atoms with Crippen LogP contribution >= 0.6 is 0 Å². The van der Waals surface area contributed by atoms with E-state index in [-0.39, 0.29) is 6.04 Å². The molecule has 0 N–H and O–H groups in total. The third-order valence-corrected chi connectivity index (χ3v) is 2.47. The van der Waals surface area contributed by atoms with E-state index in [2.05, 4.69) is 40.4 Å². The van der Waals surface area contributed by atoms with Crippen LogP contribution in [-0.4, -0.2) is 11.0 Å². The van der Waals surface area contributed by atoms with Crippen molar-refractivity contribution < 1.29 is 0 Å².